The second kappa shape index (κ2) is 26.1. The number of para-hydroxylation sites is 2. The molecule has 1 aliphatic carbocycles. The maximum atomic E-state index is 5.70. The number of benzene rings is 18. The van der Waals surface area contributed by atoms with E-state index < -0.39 is 0 Å². The highest BCUT2D eigenvalue weighted by Gasteiger charge is 2.31. The minimum Gasteiger partial charge on any atom is -0.309 e. The minimum atomic E-state index is 0.671. The fourth-order valence-electron chi connectivity index (χ4n) is 18.9. The van der Waals surface area contributed by atoms with Gasteiger partial charge in [0.05, 0.1) is 61.2 Å². The molecule has 0 bridgehead atoms. The summed E-state index contributed by atoms with van der Waals surface area (Å²) in [6.07, 6.45) is 0. The third-order valence-corrected chi connectivity index (χ3v) is 24.3. The lowest BCUT2D eigenvalue weighted by Gasteiger charge is -2.14. The van der Waals surface area contributed by atoms with Crippen molar-refractivity contribution in [3.05, 3.63) is 413 Å². The van der Waals surface area contributed by atoms with Crippen LogP contribution in [0.15, 0.2) is 413 Å². The van der Waals surface area contributed by atoms with E-state index in [4.69, 9.17) is 9.97 Å². The number of rotatable bonds is 12. The predicted octanol–water partition coefficient (Wildman–Crippen LogP) is 29.0. The number of hydrogen-bond acceptors (Lipinski definition) is 2. The van der Waals surface area contributed by atoms with Gasteiger partial charge in [-0.05, 0) is 224 Å². The summed E-state index contributed by atoms with van der Waals surface area (Å²) < 4.78 is 9.74. The van der Waals surface area contributed by atoms with Crippen molar-refractivity contribution in [2.24, 2.45) is 0 Å². The molecule has 0 N–H and O–H groups in total. The lowest BCUT2D eigenvalue weighted by Crippen LogP contribution is -1.98. The van der Waals surface area contributed by atoms with Crippen molar-refractivity contribution < 1.29 is 0 Å². The zero-order chi connectivity index (χ0) is 76.1. The molecule has 0 saturated carbocycles. The van der Waals surface area contributed by atoms with E-state index in [0.717, 1.165) is 112 Å². The van der Waals surface area contributed by atoms with Gasteiger partial charge in [-0.1, -0.05) is 261 Å². The molecule has 5 heterocycles. The number of hydrogen-bond donors (Lipinski definition) is 0. The average molecular weight is 1470 g/mol. The Balaban J connectivity index is 0.627. The van der Waals surface area contributed by atoms with Gasteiger partial charge in [0.25, 0.3) is 0 Å². The SMILES string of the molecule is c1ccc(-c2ccc3c(c2)c2cc(-c4ccc5c(c4)c4cc(-c6ccccc6)ccc4n5-c4ccc(-c5nc(-c6ccccc6)c6c(n5)-c5cccc7c(-n8c9ccc(-c%10ccccc%10)cc9c9cc(-c%10ccc%11c(c%10)c%10cc(-c%12ccccc%12)ccc%10n%11-c%10ccccc%10)ccc98)ccc-6c57)cc4)ccc2n3-c2ccccc2)cc1. The van der Waals surface area contributed by atoms with E-state index >= 15 is 0 Å². The van der Waals surface area contributed by atoms with Gasteiger partial charge in [0.15, 0.2) is 5.82 Å². The van der Waals surface area contributed by atoms with E-state index in [-0.39, 0.29) is 0 Å². The van der Waals surface area contributed by atoms with Gasteiger partial charge in [0.2, 0.25) is 0 Å². The monoisotopic (exact) mass is 1470 g/mol. The Labute approximate surface area is 668 Å². The summed E-state index contributed by atoms with van der Waals surface area (Å²) in [5.74, 6) is 0.671. The standard InChI is InChI=1S/C110H68N6/c1-8-23-69(24-9-1)75-41-52-98-89(61-75)92-65-79(45-55-100(92)113(98)83-33-18-6-19-34-83)80-47-57-103-94(67-80)91-63-77(71-27-12-3-13-28-71)43-54-102(91)115(103)85-49-39-74(40-50-85)110-111-108(73-31-16-5-17-32-73)107-87-51-60-97(86-37-22-38-88(106(86)87)109(107)112-110)116-104-58-44-78(72-29-14-4-15-30-72)64-95(104)96-68-82(48-59-105(96)116)81-46-56-101-93(66-81)90-62-76(70-25-10-2-11-26-70)42-53-99(90)114(101)84-35-20-7-21-36-84/h1-68H. The predicted molar refractivity (Wildman–Crippen MR) is 485 cm³/mol. The number of aromatic nitrogens is 6. The summed E-state index contributed by atoms with van der Waals surface area (Å²) >= 11 is 0. The maximum Gasteiger partial charge on any atom is 0.160 e. The average Bonchev–Trinajstić information content (AvgIpc) is 1.55. The lowest BCUT2D eigenvalue weighted by molar-refractivity contribution is 1.17. The number of fused-ring (bicyclic) bond motifs is 15. The second-order valence-corrected chi connectivity index (χ2v) is 30.7. The molecule has 6 nitrogen and oxygen atoms in total. The highest BCUT2D eigenvalue weighted by atomic mass is 15.0. The van der Waals surface area contributed by atoms with Gasteiger partial charge in [-0.15, -0.1) is 0 Å². The molecule has 6 heteroatoms. The quantitative estimate of drug-likeness (QED) is 0.122. The van der Waals surface area contributed by atoms with Crippen LogP contribution >= 0.6 is 0 Å². The zero-order valence-electron chi connectivity index (χ0n) is 62.9. The Kier molecular flexibility index (Phi) is 14.7. The molecule has 23 aromatic rings. The third-order valence-electron chi connectivity index (χ3n) is 24.3. The number of nitrogens with zero attached hydrogens (tertiary/aromatic N) is 6. The largest absolute Gasteiger partial charge is 0.309 e. The van der Waals surface area contributed by atoms with Crippen LogP contribution in [0, 0.1) is 0 Å². The van der Waals surface area contributed by atoms with Crippen LogP contribution in [0.5, 0.6) is 0 Å². The van der Waals surface area contributed by atoms with Gasteiger partial charge >= 0.3 is 0 Å². The van der Waals surface area contributed by atoms with Crippen molar-refractivity contribution in [3.63, 3.8) is 0 Å². The van der Waals surface area contributed by atoms with E-state index in [1.54, 1.807) is 0 Å². The van der Waals surface area contributed by atoms with Crippen LogP contribution in [-0.2, 0) is 0 Å². The van der Waals surface area contributed by atoms with Crippen molar-refractivity contribution in [2.75, 3.05) is 0 Å². The smallest absolute Gasteiger partial charge is 0.160 e. The van der Waals surface area contributed by atoms with Crippen molar-refractivity contribution in [1.82, 2.24) is 28.2 Å². The van der Waals surface area contributed by atoms with Gasteiger partial charge in [-0.3, -0.25) is 0 Å². The molecule has 0 saturated heterocycles. The van der Waals surface area contributed by atoms with Crippen molar-refractivity contribution in [3.8, 4) is 135 Å². The minimum absolute atomic E-state index is 0.671. The summed E-state index contributed by atoms with van der Waals surface area (Å²) in [6.45, 7) is 0. The second-order valence-electron chi connectivity index (χ2n) is 30.7. The highest BCUT2D eigenvalue weighted by molar-refractivity contribution is 6.22. The molecule has 18 aromatic carbocycles. The summed E-state index contributed by atoms with van der Waals surface area (Å²) in [6, 6.07) is 151. The van der Waals surface area contributed by atoms with Gasteiger partial charge in [0, 0.05) is 93.2 Å². The first-order valence-electron chi connectivity index (χ1n) is 39.8. The molecule has 0 atom stereocenters. The Morgan fingerprint density at radius 3 is 0.776 bits per heavy atom. The van der Waals surface area contributed by atoms with Crippen LogP contribution < -0.4 is 0 Å². The molecule has 5 aromatic heterocycles. The first-order chi connectivity index (χ1) is 57.5. The van der Waals surface area contributed by atoms with E-state index in [2.05, 4.69) is 431 Å². The van der Waals surface area contributed by atoms with Gasteiger partial charge in [-0.25, -0.2) is 9.97 Å². The maximum absolute atomic E-state index is 5.70. The lowest BCUT2D eigenvalue weighted by atomic mass is 9.98. The Morgan fingerprint density at radius 1 is 0.164 bits per heavy atom. The summed E-state index contributed by atoms with van der Waals surface area (Å²) in [5, 5.41) is 11.9. The molecule has 0 aliphatic heterocycles. The van der Waals surface area contributed by atoms with Crippen LogP contribution in [0.2, 0.25) is 0 Å². The van der Waals surface area contributed by atoms with Crippen LogP contribution in [-0.4, -0.2) is 28.2 Å². The van der Waals surface area contributed by atoms with Crippen molar-refractivity contribution in [1.29, 1.82) is 0 Å². The van der Waals surface area contributed by atoms with E-state index in [0.29, 0.717) is 5.82 Å². The van der Waals surface area contributed by atoms with Gasteiger partial charge in [-0.2, -0.15) is 0 Å². The van der Waals surface area contributed by atoms with Gasteiger partial charge < -0.3 is 18.3 Å². The Morgan fingerprint density at radius 2 is 0.440 bits per heavy atom. The van der Waals surface area contributed by atoms with E-state index in [1.165, 1.54) is 115 Å². The Hall–Kier alpha value is -15.5. The van der Waals surface area contributed by atoms with Crippen molar-refractivity contribution >= 4 is 98.0 Å². The molecule has 0 fully saturated rings. The zero-order valence-corrected chi connectivity index (χ0v) is 62.9. The molecule has 0 unspecified atom stereocenters. The first-order valence-corrected chi connectivity index (χ1v) is 39.8. The molecule has 0 spiro atoms. The van der Waals surface area contributed by atoms with Crippen LogP contribution in [0.4, 0.5) is 0 Å². The molecule has 0 amide bonds. The molecule has 116 heavy (non-hydrogen) atoms. The highest BCUT2D eigenvalue weighted by Crippen LogP contribution is 2.53. The molecular weight excluding hydrogens is 1410 g/mol. The summed E-state index contributed by atoms with van der Waals surface area (Å²) in [7, 11) is 0. The fraction of sp³-hybridized carbons (Fsp3) is 0. The van der Waals surface area contributed by atoms with Gasteiger partial charge in [0.1, 0.15) is 0 Å². The van der Waals surface area contributed by atoms with Crippen molar-refractivity contribution in [2.45, 2.75) is 0 Å². The molecule has 0 radical (unpaired) electrons. The molecule has 1 aliphatic rings. The fourth-order valence-corrected chi connectivity index (χ4v) is 18.9. The van der Waals surface area contributed by atoms with Crippen LogP contribution in [0.1, 0.15) is 0 Å². The van der Waals surface area contributed by atoms with E-state index in [9.17, 15) is 0 Å². The van der Waals surface area contributed by atoms with E-state index in [1.807, 2.05) is 0 Å². The third kappa shape index (κ3) is 10.3. The summed E-state index contributed by atoms with van der Waals surface area (Å²) in [4.78, 5) is 11.4. The molecule has 538 valence electrons. The molecular formula is C110H68N6. The normalized spacial score (nSPS) is 12.0. The Bertz CT molecular complexity index is 7940. The first kappa shape index (κ1) is 65.2. The van der Waals surface area contributed by atoms with Crippen LogP contribution in [0.3, 0.4) is 0 Å². The summed E-state index contributed by atoms with van der Waals surface area (Å²) in [5.41, 5.74) is 34.9. The topological polar surface area (TPSA) is 45.5 Å². The molecule has 24 rings (SSSR count). The van der Waals surface area contributed by atoms with Crippen LogP contribution in [0.25, 0.3) is 233 Å².